The molecule has 1 amide bonds. The Morgan fingerprint density at radius 1 is 1.35 bits per heavy atom. The van der Waals surface area contributed by atoms with E-state index < -0.39 is 0 Å². The number of carbonyl (C=O) groups is 1. The summed E-state index contributed by atoms with van der Waals surface area (Å²) in [6, 6.07) is 5.74. The molecule has 2 aromatic rings. The summed E-state index contributed by atoms with van der Waals surface area (Å²) in [6.07, 6.45) is 0. The first-order valence-electron chi connectivity index (χ1n) is 6.38. The number of nitrogens with zero attached hydrogens (tertiary/aromatic N) is 3. The van der Waals surface area contributed by atoms with E-state index in [0.717, 1.165) is 27.6 Å². The summed E-state index contributed by atoms with van der Waals surface area (Å²) in [5.41, 5.74) is 0.891. The highest BCUT2D eigenvalue weighted by Crippen LogP contribution is 2.31. The fourth-order valence-electron chi connectivity index (χ4n) is 1.82. The average Bonchev–Trinajstić information content (AvgIpc) is 2.80. The van der Waals surface area contributed by atoms with E-state index in [1.807, 2.05) is 37.2 Å². The standard InChI is InChI=1S/C14H19N3O2S/c1-10(18)17(8-7-16(2)3)14-15-12-6-5-11(19-4)9-13(12)20-14/h5-6,9H,7-8H2,1-4H3. The monoisotopic (exact) mass is 293 g/mol. The van der Waals surface area contributed by atoms with Crippen LogP contribution in [-0.4, -0.2) is 50.1 Å². The van der Waals surface area contributed by atoms with Crippen LogP contribution in [0.15, 0.2) is 18.2 Å². The van der Waals surface area contributed by atoms with Crippen LogP contribution in [0.2, 0.25) is 0 Å². The summed E-state index contributed by atoms with van der Waals surface area (Å²) in [4.78, 5) is 20.1. The molecule has 0 aliphatic heterocycles. The predicted molar refractivity (Wildman–Crippen MR) is 82.8 cm³/mol. The van der Waals surface area contributed by atoms with Crippen LogP contribution >= 0.6 is 11.3 Å². The number of fused-ring (bicyclic) bond motifs is 1. The zero-order valence-corrected chi connectivity index (χ0v) is 13.0. The summed E-state index contributed by atoms with van der Waals surface area (Å²) in [7, 11) is 5.62. The molecule has 108 valence electrons. The second-order valence-electron chi connectivity index (χ2n) is 4.80. The van der Waals surface area contributed by atoms with Crippen LogP contribution in [0.5, 0.6) is 5.75 Å². The van der Waals surface area contributed by atoms with E-state index in [0.29, 0.717) is 6.54 Å². The number of likely N-dealkylation sites (N-methyl/N-ethyl adjacent to an activating group) is 1. The molecule has 0 atom stereocenters. The lowest BCUT2D eigenvalue weighted by Gasteiger charge is -2.20. The number of hydrogen-bond donors (Lipinski definition) is 0. The third kappa shape index (κ3) is 3.26. The summed E-state index contributed by atoms with van der Waals surface area (Å²) >= 11 is 1.51. The van der Waals surface area contributed by atoms with Crippen molar-refractivity contribution in [3.63, 3.8) is 0 Å². The number of amides is 1. The number of methoxy groups -OCH3 is 1. The highest BCUT2D eigenvalue weighted by atomic mass is 32.1. The lowest BCUT2D eigenvalue weighted by Crippen LogP contribution is -2.35. The van der Waals surface area contributed by atoms with E-state index in [-0.39, 0.29) is 5.91 Å². The molecule has 1 aromatic heterocycles. The van der Waals surface area contributed by atoms with Crippen molar-refractivity contribution in [1.82, 2.24) is 9.88 Å². The molecule has 0 radical (unpaired) electrons. The van der Waals surface area contributed by atoms with E-state index in [2.05, 4.69) is 4.98 Å². The third-order valence-electron chi connectivity index (χ3n) is 2.97. The molecule has 0 N–H and O–H groups in total. The van der Waals surface area contributed by atoms with Crippen molar-refractivity contribution in [1.29, 1.82) is 0 Å². The number of carbonyl (C=O) groups excluding carboxylic acids is 1. The summed E-state index contributed by atoms with van der Waals surface area (Å²) in [5, 5.41) is 0.739. The molecule has 5 nitrogen and oxygen atoms in total. The van der Waals surface area contributed by atoms with Crippen LogP contribution in [0.3, 0.4) is 0 Å². The quantitative estimate of drug-likeness (QED) is 0.848. The van der Waals surface area contributed by atoms with Crippen LogP contribution < -0.4 is 9.64 Å². The fraction of sp³-hybridized carbons (Fsp3) is 0.429. The molecule has 20 heavy (non-hydrogen) atoms. The Morgan fingerprint density at radius 3 is 2.70 bits per heavy atom. The van der Waals surface area contributed by atoms with Gasteiger partial charge in [-0.05, 0) is 32.3 Å². The van der Waals surface area contributed by atoms with E-state index in [9.17, 15) is 4.79 Å². The molecule has 0 unspecified atom stereocenters. The maximum absolute atomic E-state index is 11.8. The number of ether oxygens (including phenoxy) is 1. The molecule has 0 saturated carbocycles. The van der Waals surface area contributed by atoms with E-state index in [1.54, 1.807) is 18.9 Å². The Balaban J connectivity index is 2.31. The number of aromatic nitrogens is 1. The molecule has 0 aliphatic rings. The lowest BCUT2D eigenvalue weighted by molar-refractivity contribution is -0.116. The molecule has 0 fully saturated rings. The van der Waals surface area contributed by atoms with Crippen LogP contribution in [0.1, 0.15) is 6.92 Å². The van der Waals surface area contributed by atoms with Crippen molar-refractivity contribution >= 4 is 32.6 Å². The Morgan fingerprint density at radius 2 is 2.10 bits per heavy atom. The summed E-state index contributed by atoms with van der Waals surface area (Å²) in [5.74, 6) is 0.813. The second kappa shape index (κ2) is 6.19. The zero-order chi connectivity index (χ0) is 14.7. The van der Waals surface area contributed by atoms with Crippen molar-refractivity contribution < 1.29 is 9.53 Å². The van der Waals surface area contributed by atoms with E-state index >= 15 is 0 Å². The largest absolute Gasteiger partial charge is 0.497 e. The van der Waals surface area contributed by atoms with Crippen molar-refractivity contribution in [3.8, 4) is 5.75 Å². The van der Waals surface area contributed by atoms with Crippen molar-refractivity contribution in [2.75, 3.05) is 39.2 Å². The molecule has 1 heterocycles. The predicted octanol–water partition coefficient (Wildman–Crippen LogP) is 2.22. The molecule has 0 spiro atoms. The first-order chi connectivity index (χ1) is 9.51. The van der Waals surface area contributed by atoms with Gasteiger partial charge in [0.05, 0.1) is 17.3 Å². The van der Waals surface area contributed by atoms with Gasteiger partial charge < -0.3 is 9.64 Å². The van der Waals surface area contributed by atoms with Gasteiger partial charge in [0.1, 0.15) is 5.75 Å². The lowest BCUT2D eigenvalue weighted by atomic mass is 10.3. The summed E-state index contributed by atoms with van der Waals surface area (Å²) in [6.45, 7) is 3.01. The topological polar surface area (TPSA) is 45.7 Å². The Bertz CT molecular complexity index is 609. The maximum Gasteiger partial charge on any atom is 0.225 e. The third-order valence-corrected chi connectivity index (χ3v) is 4.01. The molecule has 0 bridgehead atoms. The molecular weight excluding hydrogens is 274 g/mol. The highest BCUT2D eigenvalue weighted by molar-refractivity contribution is 7.22. The smallest absolute Gasteiger partial charge is 0.225 e. The summed E-state index contributed by atoms with van der Waals surface area (Å²) < 4.78 is 6.23. The van der Waals surface area contributed by atoms with Crippen LogP contribution in [0.25, 0.3) is 10.2 Å². The number of anilines is 1. The van der Waals surface area contributed by atoms with Gasteiger partial charge in [0.2, 0.25) is 5.91 Å². The number of hydrogen-bond acceptors (Lipinski definition) is 5. The fourth-order valence-corrected chi connectivity index (χ4v) is 2.89. The van der Waals surface area contributed by atoms with Gasteiger partial charge in [-0.2, -0.15) is 0 Å². The number of benzene rings is 1. The van der Waals surface area contributed by atoms with Gasteiger partial charge >= 0.3 is 0 Å². The average molecular weight is 293 g/mol. The van der Waals surface area contributed by atoms with Crippen LogP contribution in [0.4, 0.5) is 5.13 Å². The SMILES string of the molecule is COc1ccc2nc(N(CCN(C)C)C(C)=O)sc2c1. The normalized spacial score (nSPS) is 11.1. The minimum atomic E-state index is 0.0119. The molecule has 0 saturated heterocycles. The van der Waals surface area contributed by atoms with Gasteiger partial charge in [-0.3, -0.25) is 9.69 Å². The zero-order valence-electron chi connectivity index (χ0n) is 12.2. The van der Waals surface area contributed by atoms with Gasteiger partial charge in [-0.1, -0.05) is 11.3 Å². The Kier molecular flexibility index (Phi) is 4.57. The minimum absolute atomic E-state index is 0.0119. The van der Waals surface area contributed by atoms with Gasteiger partial charge in [0, 0.05) is 20.0 Å². The molecular formula is C14H19N3O2S. The molecule has 0 aliphatic carbocycles. The van der Waals surface area contributed by atoms with Gasteiger partial charge in [0.15, 0.2) is 5.13 Å². The minimum Gasteiger partial charge on any atom is -0.497 e. The number of rotatable bonds is 5. The highest BCUT2D eigenvalue weighted by Gasteiger charge is 2.16. The van der Waals surface area contributed by atoms with Crippen LogP contribution in [-0.2, 0) is 4.79 Å². The van der Waals surface area contributed by atoms with E-state index in [4.69, 9.17) is 4.74 Å². The van der Waals surface area contributed by atoms with E-state index in [1.165, 1.54) is 11.3 Å². The maximum atomic E-state index is 11.8. The molecule has 2 rings (SSSR count). The Labute approximate surface area is 122 Å². The number of thiazole rings is 1. The van der Waals surface area contributed by atoms with Crippen LogP contribution in [0, 0.1) is 0 Å². The first kappa shape index (κ1) is 14.7. The van der Waals surface area contributed by atoms with Crippen molar-refractivity contribution in [3.05, 3.63) is 18.2 Å². The second-order valence-corrected chi connectivity index (χ2v) is 5.81. The van der Waals surface area contributed by atoms with Gasteiger partial charge in [0.25, 0.3) is 0 Å². The van der Waals surface area contributed by atoms with Crippen molar-refractivity contribution in [2.45, 2.75) is 6.92 Å². The molecule has 1 aromatic carbocycles. The molecule has 6 heteroatoms. The first-order valence-corrected chi connectivity index (χ1v) is 7.20. The van der Waals surface area contributed by atoms with Crippen molar-refractivity contribution in [2.24, 2.45) is 0 Å². The van der Waals surface area contributed by atoms with Gasteiger partial charge in [-0.15, -0.1) is 0 Å². The van der Waals surface area contributed by atoms with Gasteiger partial charge in [-0.25, -0.2) is 4.98 Å². The Hall–Kier alpha value is -1.66.